The highest BCUT2D eigenvalue weighted by Gasteiger charge is 2.36. The highest BCUT2D eigenvalue weighted by atomic mass is 16.3. The van der Waals surface area contributed by atoms with Gasteiger partial charge in [0.05, 0.1) is 13.2 Å². The average Bonchev–Trinajstić information content (AvgIpc) is 2.23. The Kier molecular flexibility index (Phi) is 4.20. The third-order valence-electron chi connectivity index (χ3n) is 3.81. The molecule has 0 heterocycles. The average molecular weight is 186 g/mol. The number of rotatable bonds is 4. The lowest BCUT2D eigenvalue weighted by Crippen LogP contribution is -2.38. The largest absolute Gasteiger partial charge is 0.396 e. The van der Waals surface area contributed by atoms with E-state index in [1.165, 1.54) is 32.1 Å². The van der Waals surface area contributed by atoms with Crippen LogP contribution in [0.4, 0.5) is 0 Å². The van der Waals surface area contributed by atoms with Gasteiger partial charge >= 0.3 is 0 Å². The van der Waals surface area contributed by atoms with E-state index in [2.05, 4.69) is 6.92 Å². The maximum Gasteiger partial charge on any atom is 0.0511 e. The summed E-state index contributed by atoms with van der Waals surface area (Å²) in [5.41, 5.74) is -0.194. The molecule has 1 aliphatic rings. The first kappa shape index (κ1) is 11.0. The van der Waals surface area contributed by atoms with Crippen molar-refractivity contribution in [2.24, 2.45) is 11.3 Å². The fraction of sp³-hybridized carbons (Fsp3) is 1.00. The molecule has 1 fully saturated rings. The molecule has 0 unspecified atom stereocenters. The molecular weight excluding hydrogens is 164 g/mol. The van der Waals surface area contributed by atoms with Gasteiger partial charge in [0.15, 0.2) is 0 Å². The zero-order valence-corrected chi connectivity index (χ0v) is 8.63. The topological polar surface area (TPSA) is 40.5 Å². The predicted octanol–water partition coefficient (Wildman–Crippen LogP) is 1.95. The minimum atomic E-state index is -0.194. The van der Waals surface area contributed by atoms with Crippen molar-refractivity contribution in [1.29, 1.82) is 0 Å². The van der Waals surface area contributed by atoms with E-state index in [9.17, 15) is 10.2 Å². The van der Waals surface area contributed by atoms with Gasteiger partial charge in [-0.3, -0.25) is 0 Å². The Hall–Kier alpha value is -0.0800. The van der Waals surface area contributed by atoms with E-state index in [-0.39, 0.29) is 18.6 Å². The van der Waals surface area contributed by atoms with Gasteiger partial charge in [-0.1, -0.05) is 26.2 Å². The molecule has 2 heteroatoms. The molecule has 1 aliphatic carbocycles. The zero-order valence-electron chi connectivity index (χ0n) is 8.63. The van der Waals surface area contributed by atoms with E-state index in [4.69, 9.17) is 0 Å². The first-order valence-electron chi connectivity index (χ1n) is 5.51. The van der Waals surface area contributed by atoms with E-state index in [0.717, 1.165) is 6.42 Å². The quantitative estimate of drug-likeness (QED) is 0.704. The summed E-state index contributed by atoms with van der Waals surface area (Å²) in [6.07, 6.45) is 7.14. The Morgan fingerprint density at radius 1 is 1.08 bits per heavy atom. The van der Waals surface area contributed by atoms with E-state index < -0.39 is 0 Å². The summed E-state index contributed by atoms with van der Waals surface area (Å²) in [7, 11) is 0. The fourth-order valence-corrected chi connectivity index (χ4v) is 2.54. The highest BCUT2D eigenvalue weighted by Crippen LogP contribution is 2.40. The second-order valence-corrected chi connectivity index (χ2v) is 4.37. The lowest BCUT2D eigenvalue weighted by Gasteiger charge is -2.39. The van der Waals surface area contributed by atoms with E-state index in [1.807, 2.05) is 0 Å². The van der Waals surface area contributed by atoms with E-state index in [0.29, 0.717) is 5.92 Å². The molecule has 78 valence electrons. The highest BCUT2D eigenvalue weighted by molar-refractivity contribution is 4.86. The lowest BCUT2D eigenvalue weighted by molar-refractivity contribution is -0.0135. The van der Waals surface area contributed by atoms with Crippen LogP contribution in [0.2, 0.25) is 0 Å². The molecule has 1 saturated carbocycles. The third kappa shape index (κ3) is 2.23. The molecule has 13 heavy (non-hydrogen) atoms. The predicted molar refractivity (Wildman–Crippen MR) is 53.5 cm³/mol. The van der Waals surface area contributed by atoms with Crippen LogP contribution < -0.4 is 0 Å². The van der Waals surface area contributed by atoms with Crippen molar-refractivity contribution in [2.75, 3.05) is 13.2 Å². The van der Waals surface area contributed by atoms with Gasteiger partial charge in [0.2, 0.25) is 0 Å². The smallest absolute Gasteiger partial charge is 0.0511 e. The van der Waals surface area contributed by atoms with Crippen LogP contribution in [-0.2, 0) is 0 Å². The molecule has 0 aromatic heterocycles. The third-order valence-corrected chi connectivity index (χ3v) is 3.81. The van der Waals surface area contributed by atoms with Crippen LogP contribution in [0.1, 0.15) is 45.4 Å². The van der Waals surface area contributed by atoms with Crippen molar-refractivity contribution in [3.8, 4) is 0 Å². The van der Waals surface area contributed by atoms with E-state index >= 15 is 0 Å². The summed E-state index contributed by atoms with van der Waals surface area (Å²) in [6.45, 7) is 2.36. The SMILES string of the molecule is CCC(CO)(CO)C1CCCCC1. The molecule has 0 aliphatic heterocycles. The van der Waals surface area contributed by atoms with E-state index in [1.54, 1.807) is 0 Å². The molecular formula is C11H22O2. The normalized spacial score (nSPS) is 20.5. The maximum absolute atomic E-state index is 9.37. The second-order valence-electron chi connectivity index (χ2n) is 4.37. The molecule has 0 saturated heterocycles. The van der Waals surface area contributed by atoms with Crippen molar-refractivity contribution >= 4 is 0 Å². The molecule has 2 nitrogen and oxygen atoms in total. The van der Waals surface area contributed by atoms with Gasteiger partial charge < -0.3 is 10.2 Å². The zero-order chi connectivity index (χ0) is 9.73. The van der Waals surface area contributed by atoms with Gasteiger partial charge in [-0.15, -0.1) is 0 Å². The van der Waals surface area contributed by atoms with Crippen molar-refractivity contribution in [3.05, 3.63) is 0 Å². The van der Waals surface area contributed by atoms with Gasteiger partial charge in [0.1, 0.15) is 0 Å². The molecule has 0 aromatic rings. The molecule has 2 N–H and O–H groups in total. The maximum atomic E-state index is 9.37. The molecule has 0 spiro atoms. The van der Waals surface area contributed by atoms with Crippen LogP contribution in [0.3, 0.4) is 0 Å². The summed E-state index contributed by atoms with van der Waals surface area (Å²) >= 11 is 0. The van der Waals surface area contributed by atoms with Gasteiger partial charge in [-0.2, -0.15) is 0 Å². The summed E-state index contributed by atoms with van der Waals surface area (Å²) in [5, 5.41) is 18.7. The minimum absolute atomic E-state index is 0.144. The van der Waals surface area contributed by atoms with Gasteiger partial charge in [-0.25, -0.2) is 0 Å². The molecule has 0 aromatic carbocycles. The summed E-state index contributed by atoms with van der Waals surface area (Å²) in [5.74, 6) is 0.543. The van der Waals surface area contributed by atoms with Crippen LogP contribution in [0, 0.1) is 11.3 Å². The molecule has 0 bridgehead atoms. The minimum Gasteiger partial charge on any atom is -0.396 e. The van der Waals surface area contributed by atoms with Crippen LogP contribution in [0.25, 0.3) is 0 Å². The number of hydrogen-bond donors (Lipinski definition) is 2. The Morgan fingerprint density at radius 2 is 1.62 bits per heavy atom. The molecule has 0 atom stereocenters. The van der Waals surface area contributed by atoms with Gasteiger partial charge in [0.25, 0.3) is 0 Å². The van der Waals surface area contributed by atoms with Crippen LogP contribution >= 0.6 is 0 Å². The van der Waals surface area contributed by atoms with Crippen molar-refractivity contribution < 1.29 is 10.2 Å². The molecule has 0 radical (unpaired) electrons. The monoisotopic (exact) mass is 186 g/mol. The van der Waals surface area contributed by atoms with Crippen LogP contribution in [-0.4, -0.2) is 23.4 Å². The fourth-order valence-electron chi connectivity index (χ4n) is 2.54. The molecule has 1 rings (SSSR count). The Balaban J connectivity index is 2.60. The first-order valence-corrected chi connectivity index (χ1v) is 5.51. The lowest BCUT2D eigenvalue weighted by atomic mass is 9.68. The first-order chi connectivity index (χ1) is 6.29. The summed E-state index contributed by atoms with van der Waals surface area (Å²) in [4.78, 5) is 0. The van der Waals surface area contributed by atoms with Crippen molar-refractivity contribution in [1.82, 2.24) is 0 Å². The number of aliphatic hydroxyl groups excluding tert-OH is 2. The second kappa shape index (κ2) is 4.97. The Bertz CT molecular complexity index is 127. The Labute approximate surface area is 81.0 Å². The standard InChI is InChI=1S/C11H22O2/c1-2-11(8-12,9-13)10-6-4-3-5-7-10/h10,12-13H,2-9H2,1H3. The van der Waals surface area contributed by atoms with Crippen LogP contribution in [0.5, 0.6) is 0 Å². The number of aliphatic hydroxyl groups is 2. The van der Waals surface area contributed by atoms with Crippen molar-refractivity contribution in [3.63, 3.8) is 0 Å². The summed E-state index contributed by atoms with van der Waals surface area (Å²) in [6, 6.07) is 0. The number of hydrogen-bond acceptors (Lipinski definition) is 2. The molecule has 0 amide bonds. The van der Waals surface area contributed by atoms with Gasteiger partial charge in [0, 0.05) is 5.41 Å². The van der Waals surface area contributed by atoms with Crippen molar-refractivity contribution in [2.45, 2.75) is 45.4 Å². The van der Waals surface area contributed by atoms with Gasteiger partial charge in [-0.05, 0) is 25.2 Å². The van der Waals surface area contributed by atoms with Crippen LogP contribution in [0.15, 0.2) is 0 Å². The summed E-state index contributed by atoms with van der Waals surface area (Å²) < 4.78 is 0. The Morgan fingerprint density at radius 3 is 2.00 bits per heavy atom.